The number of rotatable bonds is 3. The van der Waals surface area contributed by atoms with Gasteiger partial charge in [-0.25, -0.2) is 4.39 Å². The predicted octanol–water partition coefficient (Wildman–Crippen LogP) is 1.68. The van der Waals surface area contributed by atoms with Gasteiger partial charge in [0, 0.05) is 32.7 Å². The van der Waals surface area contributed by atoms with E-state index in [1.54, 1.807) is 12.1 Å². The molecule has 18 heavy (non-hydrogen) atoms. The van der Waals surface area contributed by atoms with Gasteiger partial charge < -0.3 is 4.90 Å². The molecule has 1 aromatic rings. The molecule has 4 heteroatoms. The van der Waals surface area contributed by atoms with Crippen LogP contribution < -0.4 is 0 Å². The Morgan fingerprint density at radius 2 is 1.83 bits per heavy atom. The van der Waals surface area contributed by atoms with E-state index in [1.165, 1.54) is 12.1 Å². The lowest BCUT2D eigenvalue weighted by atomic mass is 10.00. The third-order valence-corrected chi connectivity index (χ3v) is 3.46. The molecule has 1 aliphatic rings. The predicted molar refractivity (Wildman–Crippen MR) is 68.7 cm³/mol. The molecule has 0 spiro atoms. The second-order valence-corrected chi connectivity index (χ2v) is 4.84. The van der Waals surface area contributed by atoms with Gasteiger partial charge in [-0.15, -0.1) is 0 Å². The van der Waals surface area contributed by atoms with E-state index >= 15 is 0 Å². The quantitative estimate of drug-likeness (QED) is 0.814. The van der Waals surface area contributed by atoms with Gasteiger partial charge in [0.25, 0.3) is 0 Å². The zero-order chi connectivity index (χ0) is 13.0. The summed E-state index contributed by atoms with van der Waals surface area (Å²) >= 11 is 0. The standard InChI is InChI=1S/C14H18FN3/c1-17-6-8-18(9-7-17)11-13(10-16)12-2-4-14(15)5-3-12/h2-5,13H,6-9,11H2,1H3. The van der Waals surface area contributed by atoms with Gasteiger partial charge in [0.2, 0.25) is 0 Å². The van der Waals surface area contributed by atoms with E-state index < -0.39 is 0 Å². The van der Waals surface area contributed by atoms with Crippen LogP contribution in [0.1, 0.15) is 11.5 Å². The van der Waals surface area contributed by atoms with Crippen molar-refractivity contribution in [3.05, 3.63) is 35.6 Å². The van der Waals surface area contributed by atoms with Crippen LogP contribution in [0.15, 0.2) is 24.3 Å². The van der Waals surface area contributed by atoms with Crippen LogP contribution in [0.2, 0.25) is 0 Å². The summed E-state index contributed by atoms with van der Waals surface area (Å²) in [6.45, 7) is 4.81. The van der Waals surface area contributed by atoms with Gasteiger partial charge in [-0.2, -0.15) is 5.26 Å². The minimum absolute atomic E-state index is 0.172. The van der Waals surface area contributed by atoms with E-state index in [0.29, 0.717) is 0 Å². The van der Waals surface area contributed by atoms with Crippen molar-refractivity contribution in [2.45, 2.75) is 5.92 Å². The molecular weight excluding hydrogens is 229 g/mol. The van der Waals surface area contributed by atoms with Crippen LogP contribution in [0, 0.1) is 17.1 Å². The molecule has 0 aliphatic carbocycles. The highest BCUT2D eigenvalue weighted by Crippen LogP contribution is 2.17. The summed E-state index contributed by atoms with van der Waals surface area (Å²) in [7, 11) is 2.11. The van der Waals surface area contributed by atoms with Crippen LogP contribution in [0.4, 0.5) is 4.39 Å². The SMILES string of the molecule is CN1CCN(CC(C#N)c2ccc(F)cc2)CC1. The topological polar surface area (TPSA) is 30.3 Å². The maximum Gasteiger partial charge on any atom is 0.123 e. The van der Waals surface area contributed by atoms with Crippen LogP contribution in [-0.2, 0) is 0 Å². The van der Waals surface area contributed by atoms with Crippen molar-refractivity contribution in [2.24, 2.45) is 0 Å². The molecule has 0 amide bonds. The summed E-state index contributed by atoms with van der Waals surface area (Å²) in [5.74, 6) is -0.427. The smallest absolute Gasteiger partial charge is 0.123 e. The molecule has 96 valence electrons. The first-order chi connectivity index (χ1) is 8.69. The van der Waals surface area contributed by atoms with Gasteiger partial charge in [-0.05, 0) is 24.7 Å². The van der Waals surface area contributed by atoms with E-state index in [1.807, 2.05) is 0 Å². The molecule has 0 bridgehead atoms. The number of nitriles is 1. The van der Waals surface area contributed by atoms with Gasteiger partial charge in [0.05, 0.1) is 12.0 Å². The lowest BCUT2D eigenvalue weighted by Gasteiger charge is -2.33. The summed E-state index contributed by atoms with van der Waals surface area (Å²) in [6.07, 6.45) is 0. The first kappa shape index (κ1) is 13.0. The monoisotopic (exact) mass is 247 g/mol. The van der Waals surface area contributed by atoms with Crippen LogP contribution in [-0.4, -0.2) is 49.6 Å². The van der Waals surface area contributed by atoms with E-state index in [4.69, 9.17) is 0 Å². The fourth-order valence-electron chi connectivity index (χ4n) is 2.20. The minimum atomic E-state index is -0.255. The van der Waals surface area contributed by atoms with Crippen molar-refractivity contribution >= 4 is 0 Å². The number of benzene rings is 1. The molecule has 0 N–H and O–H groups in total. The third kappa shape index (κ3) is 3.28. The summed E-state index contributed by atoms with van der Waals surface area (Å²) in [5, 5.41) is 9.25. The molecule has 0 aromatic heterocycles. The second kappa shape index (κ2) is 5.94. The van der Waals surface area contributed by atoms with Gasteiger partial charge >= 0.3 is 0 Å². The largest absolute Gasteiger partial charge is 0.304 e. The number of piperazine rings is 1. The Hall–Kier alpha value is -1.44. The summed E-state index contributed by atoms with van der Waals surface area (Å²) < 4.78 is 12.9. The molecule has 1 aliphatic heterocycles. The molecule has 0 radical (unpaired) electrons. The number of hydrogen-bond acceptors (Lipinski definition) is 3. The maximum absolute atomic E-state index is 12.9. The molecule has 1 aromatic carbocycles. The van der Waals surface area contributed by atoms with Crippen LogP contribution in [0.5, 0.6) is 0 Å². The number of halogens is 1. The molecule has 3 nitrogen and oxygen atoms in total. The first-order valence-corrected chi connectivity index (χ1v) is 6.25. The van der Waals surface area contributed by atoms with Crippen molar-refractivity contribution in [1.29, 1.82) is 5.26 Å². The highest BCUT2D eigenvalue weighted by atomic mass is 19.1. The average Bonchev–Trinajstić information content (AvgIpc) is 2.39. The fraction of sp³-hybridized carbons (Fsp3) is 0.500. The fourth-order valence-corrected chi connectivity index (χ4v) is 2.20. The number of hydrogen-bond donors (Lipinski definition) is 0. The van der Waals surface area contributed by atoms with Crippen molar-refractivity contribution in [2.75, 3.05) is 39.8 Å². The Bertz CT molecular complexity index is 416. The summed E-state index contributed by atoms with van der Waals surface area (Å²) in [5.41, 5.74) is 0.901. The van der Waals surface area contributed by atoms with Gasteiger partial charge in [0.15, 0.2) is 0 Å². The van der Waals surface area contributed by atoms with Crippen molar-refractivity contribution in [1.82, 2.24) is 9.80 Å². The maximum atomic E-state index is 12.9. The zero-order valence-corrected chi connectivity index (χ0v) is 10.6. The Morgan fingerprint density at radius 1 is 1.22 bits per heavy atom. The van der Waals surface area contributed by atoms with E-state index in [2.05, 4.69) is 22.9 Å². The van der Waals surface area contributed by atoms with Crippen molar-refractivity contribution < 1.29 is 4.39 Å². The van der Waals surface area contributed by atoms with E-state index in [0.717, 1.165) is 38.3 Å². The zero-order valence-electron chi connectivity index (χ0n) is 10.6. The molecular formula is C14H18FN3. The van der Waals surface area contributed by atoms with Crippen molar-refractivity contribution in [3.63, 3.8) is 0 Å². The molecule has 1 unspecified atom stereocenters. The second-order valence-electron chi connectivity index (χ2n) is 4.84. The molecule has 1 saturated heterocycles. The van der Waals surface area contributed by atoms with E-state index in [9.17, 15) is 9.65 Å². The summed E-state index contributed by atoms with van der Waals surface area (Å²) in [6, 6.07) is 8.57. The molecule has 0 saturated carbocycles. The van der Waals surface area contributed by atoms with Gasteiger partial charge in [-0.3, -0.25) is 4.90 Å². The Balaban J connectivity index is 1.97. The third-order valence-electron chi connectivity index (χ3n) is 3.46. The minimum Gasteiger partial charge on any atom is -0.304 e. The molecule has 1 atom stereocenters. The Kier molecular flexibility index (Phi) is 4.29. The first-order valence-electron chi connectivity index (χ1n) is 6.25. The van der Waals surface area contributed by atoms with Crippen LogP contribution in [0.3, 0.4) is 0 Å². The Labute approximate surface area is 107 Å². The van der Waals surface area contributed by atoms with Crippen LogP contribution >= 0.6 is 0 Å². The van der Waals surface area contributed by atoms with Gasteiger partial charge in [0.1, 0.15) is 5.82 Å². The summed E-state index contributed by atoms with van der Waals surface area (Å²) in [4.78, 5) is 4.59. The number of nitrogens with zero attached hydrogens (tertiary/aromatic N) is 3. The highest BCUT2D eigenvalue weighted by Gasteiger charge is 2.19. The normalized spacial score (nSPS) is 19.4. The average molecular weight is 247 g/mol. The molecule has 2 rings (SSSR count). The molecule has 1 heterocycles. The van der Waals surface area contributed by atoms with Gasteiger partial charge in [-0.1, -0.05) is 12.1 Å². The van der Waals surface area contributed by atoms with E-state index in [-0.39, 0.29) is 11.7 Å². The number of likely N-dealkylation sites (N-methyl/N-ethyl adjacent to an activating group) is 1. The van der Waals surface area contributed by atoms with Crippen molar-refractivity contribution in [3.8, 4) is 6.07 Å². The lowest BCUT2D eigenvalue weighted by molar-refractivity contribution is 0.152. The molecule has 1 fully saturated rings. The lowest BCUT2D eigenvalue weighted by Crippen LogP contribution is -2.45. The van der Waals surface area contributed by atoms with Crippen LogP contribution in [0.25, 0.3) is 0 Å². The highest BCUT2D eigenvalue weighted by molar-refractivity contribution is 5.25. The Morgan fingerprint density at radius 3 is 2.39 bits per heavy atom.